The van der Waals surface area contributed by atoms with Crippen LogP contribution in [0.15, 0.2) is 53.4 Å². The molecule has 0 saturated heterocycles. The number of hydrogen-bond donors (Lipinski definition) is 1. The van der Waals surface area contributed by atoms with Crippen LogP contribution in [-0.4, -0.2) is 45.2 Å². The zero-order chi connectivity index (χ0) is 22.9. The summed E-state index contributed by atoms with van der Waals surface area (Å²) >= 11 is 0. The molecule has 164 valence electrons. The van der Waals surface area contributed by atoms with Gasteiger partial charge in [0.05, 0.1) is 24.8 Å². The molecule has 0 fully saturated rings. The number of primary sulfonamides is 1. The zero-order valence-electron chi connectivity index (χ0n) is 18.0. The number of aromatic nitrogens is 1. The standard InChI is InChI=1S/C22H25N3O5S/c1-14-12-19(22(26)25(3)30-5)24(2)21(14)16-8-11-20(29-4)18(13-16)15-6-9-17(10-7-15)31(23,27)28/h6-13H,1-5H3,(H2,23,27,28). The van der Waals surface area contributed by atoms with Crippen LogP contribution >= 0.6 is 0 Å². The lowest BCUT2D eigenvalue weighted by molar-refractivity contribution is -0.0762. The Balaban J connectivity index is 2.12. The lowest BCUT2D eigenvalue weighted by Crippen LogP contribution is -2.27. The lowest BCUT2D eigenvalue weighted by Gasteiger charge is -2.16. The van der Waals surface area contributed by atoms with Crippen LogP contribution in [0, 0.1) is 6.92 Å². The number of rotatable bonds is 6. The molecule has 3 rings (SSSR count). The number of nitrogens with zero attached hydrogens (tertiary/aromatic N) is 2. The van der Waals surface area contributed by atoms with E-state index in [4.69, 9.17) is 14.7 Å². The number of hydroxylamine groups is 2. The van der Waals surface area contributed by atoms with E-state index < -0.39 is 10.0 Å². The van der Waals surface area contributed by atoms with Gasteiger partial charge in [-0.2, -0.15) is 0 Å². The molecule has 9 heteroatoms. The van der Waals surface area contributed by atoms with E-state index in [1.54, 1.807) is 26.3 Å². The molecule has 0 unspecified atom stereocenters. The first-order valence-corrected chi connectivity index (χ1v) is 10.9. The Morgan fingerprint density at radius 2 is 1.65 bits per heavy atom. The summed E-state index contributed by atoms with van der Waals surface area (Å²) in [7, 11) is 2.61. The van der Waals surface area contributed by atoms with Gasteiger partial charge in [-0.1, -0.05) is 12.1 Å². The number of amides is 1. The molecule has 3 aromatic rings. The van der Waals surface area contributed by atoms with Crippen LogP contribution in [-0.2, 0) is 21.9 Å². The van der Waals surface area contributed by atoms with E-state index in [9.17, 15) is 13.2 Å². The van der Waals surface area contributed by atoms with Crippen LogP contribution in [0.3, 0.4) is 0 Å². The van der Waals surface area contributed by atoms with E-state index in [1.165, 1.54) is 24.3 Å². The molecular formula is C22H25N3O5S. The van der Waals surface area contributed by atoms with Crippen molar-refractivity contribution >= 4 is 15.9 Å². The molecule has 1 aromatic heterocycles. The van der Waals surface area contributed by atoms with E-state index >= 15 is 0 Å². The average molecular weight is 444 g/mol. The highest BCUT2D eigenvalue weighted by molar-refractivity contribution is 7.89. The van der Waals surface area contributed by atoms with Gasteiger partial charge >= 0.3 is 0 Å². The van der Waals surface area contributed by atoms with E-state index in [0.717, 1.165) is 27.9 Å². The summed E-state index contributed by atoms with van der Waals surface area (Å²) in [5, 5.41) is 6.37. The van der Waals surface area contributed by atoms with E-state index in [-0.39, 0.29) is 10.8 Å². The first kappa shape index (κ1) is 22.5. The number of methoxy groups -OCH3 is 1. The number of carbonyl (C=O) groups excluding carboxylic acids is 1. The summed E-state index contributed by atoms with van der Waals surface area (Å²) in [5.41, 5.74) is 4.72. The third kappa shape index (κ3) is 4.34. The Labute approximate surface area is 181 Å². The van der Waals surface area contributed by atoms with Crippen molar-refractivity contribution in [1.29, 1.82) is 0 Å². The molecule has 0 aliphatic carbocycles. The maximum atomic E-state index is 12.6. The third-order valence-corrected chi connectivity index (χ3v) is 6.10. The number of ether oxygens (including phenoxy) is 1. The fraction of sp³-hybridized carbons (Fsp3) is 0.227. The van der Waals surface area contributed by atoms with Gasteiger partial charge in [-0.25, -0.2) is 18.6 Å². The molecule has 8 nitrogen and oxygen atoms in total. The molecule has 2 aromatic carbocycles. The first-order valence-electron chi connectivity index (χ1n) is 9.38. The molecule has 2 N–H and O–H groups in total. The van der Waals surface area contributed by atoms with Gasteiger partial charge in [0.1, 0.15) is 11.4 Å². The Kier molecular flexibility index (Phi) is 6.21. The number of carbonyl (C=O) groups is 1. The fourth-order valence-corrected chi connectivity index (χ4v) is 4.05. The van der Waals surface area contributed by atoms with Gasteiger partial charge in [0.25, 0.3) is 5.91 Å². The molecule has 0 saturated carbocycles. The second-order valence-electron chi connectivity index (χ2n) is 7.09. The van der Waals surface area contributed by atoms with Gasteiger partial charge in [0, 0.05) is 19.7 Å². The van der Waals surface area contributed by atoms with Crippen molar-refractivity contribution in [3.63, 3.8) is 0 Å². The number of sulfonamides is 1. The highest BCUT2D eigenvalue weighted by atomic mass is 32.2. The van der Waals surface area contributed by atoms with Crippen LogP contribution in [0.25, 0.3) is 22.4 Å². The Hall–Kier alpha value is -3.14. The number of nitrogens with two attached hydrogens (primary N) is 1. The maximum Gasteiger partial charge on any atom is 0.293 e. The summed E-state index contributed by atoms with van der Waals surface area (Å²) in [6, 6.07) is 13.8. The highest BCUT2D eigenvalue weighted by Gasteiger charge is 2.21. The number of hydrogen-bond acceptors (Lipinski definition) is 5. The van der Waals surface area contributed by atoms with Crippen LogP contribution in [0.1, 0.15) is 16.1 Å². The predicted octanol–water partition coefficient (Wildman–Crippen LogP) is 2.96. The number of aryl methyl sites for hydroxylation is 1. The molecule has 0 radical (unpaired) electrons. The van der Waals surface area contributed by atoms with Crippen LogP contribution in [0.2, 0.25) is 0 Å². The smallest absolute Gasteiger partial charge is 0.293 e. The van der Waals surface area contributed by atoms with E-state index in [0.29, 0.717) is 11.4 Å². The SMILES string of the molecule is COc1ccc(-c2c(C)cc(C(=O)N(C)OC)n2C)cc1-c1ccc(S(N)(=O)=O)cc1. The van der Waals surface area contributed by atoms with Crippen LogP contribution in [0.4, 0.5) is 0 Å². The van der Waals surface area contributed by atoms with Crippen molar-refractivity contribution < 1.29 is 22.8 Å². The summed E-state index contributed by atoms with van der Waals surface area (Å²) in [6.45, 7) is 1.93. The van der Waals surface area contributed by atoms with E-state index in [1.807, 2.05) is 42.8 Å². The molecule has 1 amide bonds. The summed E-state index contributed by atoms with van der Waals surface area (Å²) in [6.07, 6.45) is 0. The molecular weight excluding hydrogens is 418 g/mol. The fourth-order valence-electron chi connectivity index (χ4n) is 3.53. The Morgan fingerprint density at radius 1 is 1.03 bits per heavy atom. The van der Waals surface area contributed by atoms with Gasteiger partial charge in [0.2, 0.25) is 10.0 Å². The molecule has 0 bridgehead atoms. The molecule has 0 atom stereocenters. The van der Waals surface area contributed by atoms with E-state index in [2.05, 4.69) is 0 Å². The largest absolute Gasteiger partial charge is 0.496 e. The summed E-state index contributed by atoms with van der Waals surface area (Å²) in [5.74, 6) is 0.376. The van der Waals surface area contributed by atoms with Crippen molar-refractivity contribution in [3.05, 3.63) is 59.8 Å². The minimum absolute atomic E-state index is 0.0371. The zero-order valence-corrected chi connectivity index (χ0v) is 18.9. The second kappa shape index (κ2) is 8.54. The Bertz CT molecular complexity index is 1230. The lowest BCUT2D eigenvalue weighted by atomic mass is 9.99. The highest BCUT2D eigenvalue weighted by Crippen LogP contribution is 2.36. The quantitative estimate of drug-likeness (QED) is 0.590. The van der Waals surface area contributed by atoms with Crippen LogP contribution < -0.4 is 9.88 Å². The van der Waals surface area contributed by atoms with Gasteiger partial charge in [-0.15, -0.1) is 0 Å². The second-order valence-corrected chi connectivity index (χ2v) is 8.65. The third-order valence-electron chi connectivity index (χ3n) is 5.17. The van der Waals surface area contributed by atoms with Crippen LogP contribution in [0.5, 0.6) is 5.75 Å². The normalized spacial score (nSPS) is 11.4. The van der Waals surface area contributed by atoms with Gasteiger partial charge in [-0.3, -0.25) is 9.63 Å². The van der Waals surface area contributed by atoms with Gasteiger partial charge < -0.3 is 9.30 Å². The topological polar surface area (TPSA) is 104 Å². The first-order chi connectivity index (χ1) is 14.6. The van der Waals surface area contributed by atoms with Gasteiger partial charge in [-0.05, 0) is 60.0 Å². The van der Waals surface area contributed by atoms with Crippen molar-refractivity contribution in [1.82, 2.24) is 9.63 Å². The minimum atomic E-state index is -3.78. The molecule has 0 spiro atoms. The van der Waals surface area contributed by atoms with Crippen molar-refractivity contribution in [2.24, 2.45) is 12.2 Å². The molecule has 31 heavy (non-hydrogen) atoms. The van der Waals surface area contributed by atoms with Crippen molar-refractivity contribution in [2.75, 3.05) is 21.3 Å². The monoisotopic (exact) mass is 443 g/mol. The van der Waals surface area contributed by atoms with Gasteiger partial charge in [0.15, 0.2) is 0 Å². The van der Waals surface area contributed by atoms with Crippen molar-refractivity contribution in [2.45, 2.75) is 11.8 Å². The average Bonchev–Trinajstić information content (AvgIpc) is 3.05. The minimum Gasteiger partial charge on any atom is -0.496 e. The molecule has 0 aliphatic heterocycles. The maximum absolute atomic E-state index is 12.6. The molecule has 0 aliphatic rings. The predicted molar refractivity (Wildman–Crippen MR) is 118 cm³/mol. The summed E-state index contributed by atoms with van der Waals surface area (Å²) < 4.78 is 30.4. The Morgan fingerprint density at radius 3 is 2.19 bits per heavy atom. The van der Waals surface area contributed by atoms with Crippen molar-refractivity contribution in [3.8, 4) is 28.1 Å². The summed E-state index contributed by atoms with van der Waals surface area (Å²) in [4.78, 5) is 17.7. The number of benzene rings is 2. The molecule has 1 heterocycles.